The van der Waals surface area contributed by atoms with Crippen molar-refractivity contribution in [2.75, 3.05) is 6.61 Å². The van der Waals surface area contributed by atoms with Gasteiger partial charge in [-0.05, 0) is 43.5 Å². The minimum absolute atomic E-state index is 0.0208. The lowest BCUT2D eigenvalue weighted by Gasteiger charge is -2.10. The van der Waals surface area contributed by atoms with Crippen molar-refractivity contribution in [1.82, 2.24) is 16.2 Å². The number of ether oxygens (including phenoxy) is 1. The molecule has 0 aliphatic carbocycles. The molecule has 102 valence electrons. The van der Waals surface area contributed by atoms with E-state index >= 15 is 0 Å². The summed E-state index contributed by atoms with van der Waals surface area (Å²) in [6.07, 6.45) is 0. The van der Waals surface area contributed by atoms with Crippen LogP contribution < -0.4 is 26.6 Å². The molecule has 5 N–H and O–H groups in total. The molecule has 0 radical (unpaired) electrons. The molecule has 0 saturated carbocycles. The number of nitrogens with one attached hydrogen (secondary N) is 3. The van der Waals surface area contributed by atoms with Crippen LogP contribution in [0, 0.1) is 6.92 Å². The van der Waals surface area contributed by atoms with Gasteiger partial charge in [0.2, 0.25) is 0 Å². The number of carbonyl (C=O) groups is 1. The lowest BCUT2D eigenvalue weighted by atomic mass is 10.2. The Hall–Kier alpha value is -1.93. The zero-order valence-corrected chi connectivity index (χ0v) is 11.9. The van der Waals surface area contributed by atoms with E-state index in [0.29, 0.717) is 5.75 Å². The van der Waals surface area contributed by atoms with Crippen LogP contribution in [-0.4, -0.2) is 22.7 Å². The van der Waals surface area contributed by atoms with Gasteiger partial charge in [0, 0.05) is 0 Å². The van der Waals surface area contributed by atoms with Crippen molar-refractivity contribution in [3.05, 3.63) is 29.8 Å². The molecule has 0 saturated heterocycles. The molecule has 8 heteroatoms. The Balaban J connectivity index is 2.29. The Bertz CT molecular complexity index is 476. The lowest BCUT2D eigenvalue weighted by Crippen LogP contribution is -2.50. The molecule has 0 unspecified atom stereocenters. The van der Waals surface area contributed by atoms with Gasteiger partial charge in [-0.1, -0.05) is 17.7 Å². The van der Waals surface area contributed by atoms with Crippen LogP contribution in [0.5, 0.6) is 5.75 Å². The molecule has 0 aliphatic heterocycles. The highest BCUT2D eigenvalue weighted by atomic mass is 32.1. The van der Waals surface area contributed by atoms with Crippen molar-refractivity contribution < 1.29 is 9.53 Å². The minimum Gasteiger partial charge on any atom is -0.484 e. The first-order valence-corrected chi connectivity index (χ1v) is 6.14. The summed E-state index contributed by atoms with van der Waals surface area (Å²) in [6.45, 7) is 1.83. The van der Waals surface area contributed by atoms with E-state index in [4.69, 9.17) is 22.7 Å². The largest absolute Gasteiger partial charge is 0.484 e. The monoisotopic (exact) mass is 298 g/mol. The van der Waals surface area contributed by atoms with Crippen LogP contribution in [0.3, 0.4) is 0 Å². The second-order valence-corrected chi connectivity index (χ2v) is 4.44. The number of nitrogens with two attached hydrogens (primary N) is 1. The van der Waals surface area contributed by atoms with Crippen LogP contribution in [0.4, 0.5) is 0 Å². The minimum atomic E-state index is -0.386. The molecule has 0 atom stereocenters. The third kappa shape index (κ3) is 6.53. The first-order chi connectivity index (χ1) is 8.97. The number of rotatable bonds is 3. The Morgan fingerprint density at radius 1 is 1.26 bits per heavy atom. The number of benzene rings is 1. The molecule has 6 nitrogen and oxygen atoms in total. The highest BCUT2D eigenvalue weighted by Crippen LogP contribution is 2.10. The maximum atomic E-state index is 11.5. The van der Waals surface area contributed by atoms with E-state index in [1.54, 1.807) is 12.1 Å². The topological polar surface area (TPSA) is 88.4 Å². The molecule has 0 aromatic heterocycles. The second-order valence-electron chi connectivity index (χ2n) is 3.59. The molecule has 0 heterocycles. The first kappa shape index (κ1) is 15.1. The summed E-state index contributed by atoms with van der Waals surface area (Å²) in [5, 5.41) is 2.48. The average molecular weight is 298 g/mol. The summed E-state index contributed by atoms with van der Waals surface area (Å²) in [6, 6.07) is 7.36. The third-order valence-electron chi connectivity index (χ3n) is 1.94. The normalized spacial score (nSPS) is 9.32. The summed E-state index contributed by atoms with van der Waals surface area (Å²) >= 11 is 9.38. The van der Waals surface area contributed by atoms with Crippen molar-refractivity contribution in [2.24, 2.45) is 5.73 Å². The number of hydrogen-bond acceptors (Lipinski definition) is 4. The van der Waals surface area contributed by atoms with Crippen LogP contribution in [-0.2, 0) is 4.79 Å². The van der Waals surface area contributed by atoms with Gasteiger partial charge in [-0.3, -0.25) is 21.0 Å². The van der Waals surface area contributed by atoms with Gasteiger partial charge < -0.3 is 10.5 Å². The molecule has 0 spiro atoms. The van der Waals surface area contributed by atoms with E-state index in [-0.39, 0.29) is 22.7 Å². The van der Waals surface area contributed by atoms with Gasteiger partial charge in [0.1, 0.15) is 5.75 Å². The van der Waals surface area contributed by atoms with E-state index in [9.17, 15) is 4.79 Å². The number of carbonyl (C=O) groups excluding carboxylic acids is 1. The Morgan fingerprint density at radius 3 is 2.47 bits per heavy atom. The zero-order valence-electron chi connectivity index (χ0n) is 10.2. The predicted molar refractivity (Wildman–Crippen MR) is 80.5 cm³/mol. The summed E-state index contributed by atoms with van der Waals surface area (Å²) in [7, 11) is 0. The fourth-order valence-electron chi connectivity index (χ4n) is 1.10. The van der Waals surface area contributed by atoms with Gasteiger partial charge in [0.25, 0.3) is 5.91 Å². The van der Waals surface area contributed by atoms with Crippen LogP contribution in [0.15, 0.2) is 24.3 Å². The van der Waals surface area contributed by atoms with Crippen LogP contribution in [0.25, 0.3) is 0 Å². The van der Waals surface area contributed by atoms with E-state index in [1.165, 1.54) is 0 Å². The molecule has 0 fully saturated rings. The van der Waals surface area contributed by atoms with Crippen molar-refractivity contribution in [3.63, 3.8) is 0 Å². The first-order valence-electron chi connectivity index (χ1n) is 5.32. The van der Waals surface area contributed by atoms with Crippen molar-refractivity contribution in [2.45, 2.75) is 6.92 Å². The highest BCUT2D eigenvalue weighted by molar-refractivity contribution is 7.80. The van der Waals surface area contributed by atoms with Crippen molar-refractivity contribution in [1.29, 1.82) is 0 Å². The fourth-order valence-corrected chi connectivity index (χ4v) is 1.31. The molecule has 1 rings (SSSR count). The van der Waals surface area contributed by atoms with Gasteiger partial charge >= 0.3 is 0 Å². The van der Waals surface area contributed by atoms with Gasteiger partial charge in [0.15, 0.2) is 16.8 Å². The molecule has 19 heavy (non-hydrogen) atoms. The number of aryl methyl sites for hydroxylation is 1. The quantitative estimate of drug-likeness (QED) is 0.465. The SMILES string of the molecule is Cc1ccc(OCC(=O)NC(=S)NNC(N)=S)cc1. The van der Waals surface area contributed by atoms with E-state index in [1.807, 2.05) is 19.1 Å². The van der Waals surface area contributed by atoms with E-state index in [2.05, 4.69) is 28.4 Å². The summed E-state index contributed by atoms with van der Waals surface area (Å²) in [5.41, 5.74) is 11.1. The molecule has 0 bridgehead atoms. The molecule has 0 aliphatic rings. The maximum absolute atomic E-state index is 11.5. The molecule has 1 aromatic carbocycles. The lowest BCUT2D eigenvalue weighted by molar-refractivity contribution is -0.121. The summed E-state index contributed by atoms with van der Waals surface area (Å²) in [5.74, 6) is 0.226. The summed E-state index contributed by atoms with van der Waals surface area (Å²) < 4.78 is 5.28. The standard InChI is InChI=1S/C11H14N4O2S2/c1-7-2-4-8(5-3-7)17-6-9(16)13-11(19)15-14-10(12)18/h2-5H,6H2,1H3,(H3,12,14,18)(H2,13,15,16,19). The molecular weight excluding hydrogens is 284 g/mol. The Morgan fingerprint density at radius 2 is 1.89 bits per heavy atom. The number of thiocarbonyl (C=S) groups is 2. The molecular formula is C11H14N4O2S2. The fraction of sp³-hybridized carbons (Fsp3) is 0.182. The zero-order chi connectivity index (χ0) is 14.3. The van der Waals surface area contributed by atoms with Gasteiger partial charge in [-0.25, -0.2) is 0 Å². The summed E-state index contributed by atoms with van der Waals surface area (Å²) in [4.78, 5) is 11.5. The Kier molecular flexibility index (Phi) is 5.97. The predicted octanol–water partition coefficient (Wildman–Crippen LogP) is 0.113. The van der Waals surface area contributed by atoms with Crippen LogP contribution >= 0.6 is 24.4 Å². The number of hydrogen-bond donors (Lipinski definition) is 4. The van der Waals surface area contributed by atoms with Gasteiger partial charge in [-0.2, -0.15) is 0 Å². The average Bonchev–Trinajstić information content (AvgIpc) is 2.36. The number of hydrazine groups is 1. The van der Waals surface area contributed by atoms with Crippen molar-refractivity contribution >= 4 is 40.6 Å². The maximum Gasteiger partial charge on any atom is 0.264 e. The third-order valence-corrected chi connectivity index (χ3v) is 2.25. The Labute approximate surface area is 121 Å². The van der Waals surface area contributed by atoms with Crippen LogP contribution in [0.2, 0.25) is 0 Å². The second kappa shape index (κ2) is 7.49. The number of amides is 1. The molecule has 1 amide bonds. The van der Waals surface area contributed by atoms with E-state index in [0.717, 1.165) is 5.56 Å². The smallest absolute Gasteiger partial charge is 0.264 e. The molecule has 1 aromatic rings. The van der Waals surface area contributed by atoms with E-state index < -0.39 is 0 Å². The van der Waals surface area contributed by atoms with Crippen molar-refractivity contribution in [3.8, 4) is 5.75 Å². The van der Waals surface area contributed by atoms with Gasteiger partial charge in [-0.15, -0.1) is 0 Å². The highest BCUT2D eigenvalue weighted by Gasteiger charge is 2.05. The van der Waals surface area contributed by atoms with Crippen LogP contribution in [0.1, 0.15) is 5.56 Å². The van der Waals surface area contributed by atoms with Gasteiger partial charge in [0.05, 0.1) is 0 Å².